The van der Waals surface area contributed by atoms with Gasteiger partial charge < -0.3 is 10.4 Å². The van der Waals surface area contributed by atoms with Gasteiger partial charge in [0.05, 0.1) is 11.1 Å². The minimum Gasteiger partial charge on any atom is -0.393 e. The zero-order valence-electron chi connectivity index (χ0n) is 16.7. The van der Waals surface area contributed by atoms with Crippen molar-refractivity contribution in [2.24, 2.45) is 0 Å². The van der Waals surface area contributed by atoms with Gasteiger partial charge in [-0.2, -0.15) is 4.31 Å². The van der Waals surface area contributed by atoms with Gasteiger partial charge in [0, 0.05) is 24.3 Å². The van der Waals surface area contributed by atoms with E-state index in [0.29, 0.717) is 32.1 Å². The van der Waals surface area contributed by atoms with Gasteiger partial charge in [-0.05, 0) is 68.5 Å². The van der Waals surface area contributed by atoms with Gasteiger partial charge in [0.1, 0.15) is 16.5 Å². The van der Waals surface area contributed by atoms with E-state index in [1.807, 2.05) is 0 Å². The standard InChI is InChI=1S/C21H23ClF2N2O4S/c22-17-13-15(7-9-18(17)23)25-21(28)14-6-8-19(24)20(12-14)31(29,30)26-10-2-1-4-16(27)5-3-11-26/h6-9,12-13,16,27H,1-5,10-11H2,(H,25,28). The molecule has 31 heavy (non-hydrogen) atoms. The van der Waals surface area contributed by atoms with Crippen LogP contribution in [0.2, 0.25) is 5.02 Å². The molecule has 0 radical (unpaired) electrons. The van der Waals surface area contributed by atoms with Crippen molar-refractivity contribution in [3.8, 4) is 0 Å². The van der Waals surface area contributed by atoms with E-state index in [-0.39, 0.29) is 29.4 Å². The molecule has 1 aliphatic rings. The van der Waals surface area contributed by atoms with Crippen LogP contribution in [0.1, 0.15) is 42.5 Å². The van der Waals surface area contributed by atoms with E-state index in [2.05, 4.69) is 5.32 Å². The number of rotatable bonds is 4. The van der Waals surface area contributed by atoms with Crippen LogP contribution in [-0.4, -0.2) is 42.9 Å². The Labute approximate surface area is 184 Å². The van der Waals surface area contributed by atoms with E-state index in [4.69, 9.17) is 11.6 Å². The summed E-state index contributed by atoms with van der Waals surface area (Å²) in [5.41, 5.74) is 0.142. The summed E-state index contributed by atoms with van der Waals surface area (Å²) in [6, 6.07) is 6.70. The van der Waals surface area contributed by atoms with Gasteiger partial charge in [0.2, 0.25) is 10.0 Å². The number of anilines is 1. The number of halogens is 3. The van der Waals surface area contributed by atoms with Crippen molar-refractivity contribution in [1.82, 2.24) is 4.31 Å². The van der Waals surface area contributed by atoms with Crippen LogP contribution in [0.15, 0.2) is 41.3 Å². The number of nitrogens with zero attached hydrogens (tertiary/aromatic N) is 1. The van der Waals surface area contributed by atoms with Crippen molar-refractivity contribution in [2.75, 3.05) is 18.4 Å². The summed E-state index contributed by atoms with van der Waals surface area (Å²) >= 11 is 5.70. The largest absolute Gasteiger partial charge is 0.393 e. The quantitative estimate of drug-likeness (QED) is 0.698. The highest BCUT2D eigenvalue weighted by Gasteiger charge is 2.29. The molecule has 10 heteroatoms. The van der Waals surface area contributed by atoms with E-state index in [9.17, 15) is 27.1 Å². The second kappa shape index (κ2) is 10.0. The van der Waals surface area contributed by atoms with Crippen LogP contribution in [0, 0.1) is 11.6 Å². The number of sulfonamides is 1. The van der Waals surface area contributed by atoms with E-state index in [1.165, 1.54) is 22.5 Å². The second-order valence-electron chi connectivity index (χ2n) is 7.42. The molecule has 0 aliphatic carbocycles. The normalized spacial score (nSPS) is 18.6. The minimum atomic E-state index is -4.18. The van der Waals surface area contributed by atoms with Gasteiger partial charge in [0.15, 0.2) is 0 Å². The van der Waals surface area contributed by atoms with E-state index in [0.717, 1.165) is 18.2 Å². The molecule has 1 amide bonds. The lowest BCUT2D eigenvalue weighted by atomic mass is 10.1. The minimum absolute atomic E-state index is 0.0693. The fourth-order valence-corrected chi connectivity index (χ4v) is 5.21. The van der Waals surface area contributed by atoms with Crippen LogP contribution in [0.5, 0.6) is 0 Å². The maximum absolute atomic E-state index is 14.5. The Bertz CT molecular complexity index is 1070. The first kappa shape index (κ1) is 23.6. The highest BCUT2D eigenvalue weighted by atomic mass is 35.5. The smallest absolute Gasteiger partial charge is 0.255 e. The lowest BCUT2D eigenvalue weighted by Crippen LogP contribution is -2.33. The molecule has 1 aliphatic heterocycles. The highest BCUT2D eigenvalue weighted by molar-refractivity contribution is 7.89. The van der Waals surface area contributed by atoms with E-state index in [1.54, 1.807) is 0 Å². The maximum Gasteiger partial charge on any atom is 0.255 e. The lowest BCUT2D eigenvalue weighted by Gasteiger charge is -2.22. The van der Waals surface area contributed by atoms with Gasteiger partial charge >= 0.3 is 0 Å². The lowest BCUT2D eigenvalue weighted by molar-refractivity contribution is 0.102. The van der Waals surface area contributed by atoms with Crippen LogP contribution < -0.4 is 5.32 Å². The molecule has 2 aromatic carbocycles. The summed E-state index contributed by atoms with van der Waals surface area (Å²) in [4.78, 5) is 12.0. The molecule has 168 valence electrons. The molecule has 0 saturated carbocycles. The summed E-state index contributed by atoms with van der Waals surface area (Å²) in [6.45, 7) is 0.363. The number of benzene rings is 2. The van der Waals surface area contributed by atoms with Crippen molar-refractivity contribution >= 4 is 33.2 Å². The van der Waals surface area contributed by atoms with Gasteiger partial charge in [-0.15, -0.1) is 0 Å². The molecule has 2 N–H and O–H groups in total. The molecule has 6 nitrogen and oxygen atoms in total. The van der Waals surface area contributed by atoms with Crippen LogP contribution in [0.3, 0.4) is 0 Å². The molecule has 2 aromatic rings. The van der Waals surface area contributed by atoms with Crippen LogP contribution in [0.25, 0.3) is 0 Å². The van der Waals surface area contributed by atoms with Crippen molar-refractivity contribution in [3.05, 3.63) is 58.6 Å². The molecule has 1 heterocycles. The Morgan fingerprint density at radius 2 is 1.71 bits per heavy atom. The fraction of sp³-hybridized carbons (Fsp3) is 0.381. The second-order valence-corrected chi connectivity index (χ2v) is 9.74. The third-order valence-corrected chi connectivity index (χ3v) is 7.33. The predicted octanol–water partition coefficient (Wildman–Crippen LogP) is 4.19. The third-order valence-electron chi connectivity index (χ3n) is 5.13. The molecule has 3 rings (SSSR count). The van der Waals surface area contributed by atoms with Crippen LogP contribution >= 0.6 is 11.6 Å². The zero-order valence-corrected chi connectivity index (χ0v) is 18.2. The van der Waals surface area contributed by atoms with E-state index >= 15 is 0 Å². The van der Waals surface area contributed by atoms with Gasteiger partial charge in [-0.1, -0.05) is 11.6 Å². The van der Waals surface area contributed by atoms with Gasteiger partial charge in [0.25, 0.3) is 5.91 Å². The molecular weight excluding hydrogens is 450 g/mol. The molecule has 0 bridgehead atoms. The number of amides is 1. The molecule has 0 spiro atoms. The molecule has 1 unspecified atom stereocenters. The number of carbonyl (C=O) groups excluding carboxylic acids is 1. The Morgan fingerprint density at radius 1 is 1.03 bits per heavy atom. The number of carbonyl (C=O) groups is 1. The molecule has 1 atom stereocenters. The summed E-state index contributed by atoms with van der Waals surface area (Å²) in [7, 11) is -4.18. The number of aliphatic hydroxyl groups is 1. The fourth-order valence-electron chi connectivity index (χ4n) is 3.43. The van der Waals surface area contributed by atoms with Crippen LogP contribution in [-0.2, 0) is 10.0 Å². The van der Waals surface area contributed by atoms with Crippen LogP contribution in [0.4, 0.5) is 14.5 Å². The first-order valence-corrected chi connectivity index (χ1v) is 11.7. The van der Waals surface area contributed by atoms with Gasteiger partial charge in [-0.3, -0.25) is 4.79 Å². The van der Waals surface area contributed by atoms with Crippen molar-refractivity contribution < 1.29 is 27.1 Å². The average Bonchev–Trinajstić information content (AvgIpc) is 2.83. The average molecular weight is 473 g/mol. The summed E-state index contributed by atoms with van der Waals surface area (Å²) in [5.74, 6) is -2.29. The van der Waals surface area contributed by atoms with Gasteiger partial charge in [-0.25, -0.2) is 17.2 Å². The summed E-state index contributed by atoms with van der Waals surface area (Å²) in [6.07, 6.45) is 2.27. The Hall–Kier alpha value is -2.07. The maximum atomic E-state index is 14.5. The first-order chi connectivity index (χ1) is 14.7. The predicted molar refractivity (Wildman–Crippen MR) is 114 cm³/mol. The number of nitrogens with one attached hydrogen (secondary N) is 1. The number of aliphatic hydroxyl groups excluding tert-OH is 1. The van der Waals surface area contributed by atoms with Crippen molar-refractivity contribution in [2.45, 2.75) is 43.1 Å². The Kier molecular flexibility index (Phi) is 7.64. The molecular formula is C21H23ClF2N2O4S. The molecule has 1 fully saturated rings. The molecule has 1 saturated heterocycles. The highest BCUT2D eigenvalue weighted by Crippen LogP contribution is 2.25. The first-order valence-electron chi connectivity index (χ1n) is 9.92. The Morgan fingerprint density at radius 3 is 2.45 bits per heavy atom. The Balaban J connectivity index is 1.84. The topological polar surface area (TPSA) is 86.7 Å². The van der Waals surface area contributed by atoms with E-state index < -0.39 is 38.6 Å². The monoisotopic (exact) mass is 472 g/mol. The third kappa shape index (κ3) is 5.79. The van der Waals surface area contributed by atoms with Crippen molar-refractivity contribution in [3.63, 3.8) is 0 Å². The molecule has 0 aromatic heterocycles. The number of hydrogen-bond acceptors (Lipinski definition) is 4. The zero-order chi connectivity index (χ0) is 22.6. The SMILES string of the molecule is O=C(Nc1ccc(F)c(Cl)c1)c1ccc(F)c(S(=O)(=O)N2CCCCC(O)CCC2)c1. The number of hydrogen-bond donors (Lipinski definition) is 2. The summed E-state index contributed by atoms with van der Waals surface area (Å²) < 4.78 is 55.2. The van der Waals surface area contributed by atoms with Crippen molar-refractivity contribution in [1.29, 1.82) is 0 Å². The summed E-state index contributed by atoms with van der Waals surface area (Å²) in [5, 5.41) is 12.1.